The van der Waals surface area contributed by atoms with E-state index in [-0.39, 0.29) is 6.61 Å². The summed E-state index contributed by atoms with van der Waals surface area (Å²) in [7, 11) is 0. The third-order valence-corrected chi connectivity index (χ3v) is 5.69. The van der Waals surface area contributed by atoms with Gasteiger partial charge in [0.2, 0.25) is 5.91 Å². The van der Waals surface area contributed by atoms with Gasteiger partial charge in [0.25, 0.3) is 0 Å². The molecule has 2 N–H and O–H groups in total. The summed E-state index contributed by atoms with van der Waals surface area (Å²) in [6.07, 6.45) is -6.35. The van der Waals surface area contributed by atoms with Crippen molar-refractivity contribution in [1.82, 2.24) is 10.6 Å². The van der Waals surface area contributed by atoms with E-state index >= 15 is 0 Å². The van der Waals surface area contributed by atoms with E-state index < -0.39 is 91.4 Å². The molecule has 0 bridgehead atoms. The van der Waals surface area contributed by atoms with Crippen molar-refractivity contribution in [3.63, 3.8) is 0 Å². The first-order chi connectivity index (χ1) is 20.6. The largest absolute Gasteiger partial charge is 0.463 e. The van der Waals surface area contributed by atoms with Crippen molar-refractivity contribution in [1.29, 1.82) is 0 Å². The molecule has 0 unspecified atom stereocenters. The Labute approximate surface area is 255 Å². The predicted molar refractivity (Wildman–Crippen MR) is 149 cm³/mol. The normalized spacial score (nSPS) is 22.0. The van der Waals surface area contributed by atoms with Gasteiger partial charge in [-0.15, -0.1) is 0 Å². The molecule has 6 atom stereocenters. The van der Waals surface area contributed by atoms with Crippen molar-refractivity contribution < 1.29 is 61.9 Å². The first-order valence-electron chi connectivity index (χ1n) is 13.8. The SMILES string of the molecule is CC(=O)N[C@H]1[C@@H](OC[C@H](NC(=O)OCc2ccccc2)C(=O)OC(C)(C)C)O[C@H](COC(C)=O)[C@@H](OC(C)=O)[C@@H]1OC(C)=O. The van der Waals surface area contributed by atoms with Crippen LogP contribution in [-0.2, 0) is 63.7 Å². The van der Waals surface area contributed by atoms with Gasteiger partial charge in [-0.05, 0) is 26.3 Å². The number of rotatable bonds is 12. The van der Waals surface area contributed by atoms with Crippen molar-refractivity contribution in [2.45, 2.75) is 97.4 Å². The third kappa shape index (κ3) is 12.6. The van der Waals surface area contributed by atoms with Crippen LogP contribution < -0.4 is 10.6 Å². The Balaban J connectivity index is 2.35. The molecule has 2 rings (SSSR count). The molecule has 1 aromatic rings. The van der Waals surface area contributed by atoms with E-state index in [4.69, 9.17) is 33.2 Å². The lowest BCUT2D eigenvalue weighted by Crippen LogP contribution is -2.67. The molecule has 0 aromatic heterocycles. The van der Waals surface area contributed by atoms with E-state index in [9.17, 15) is 28.8 Å². The Morgan fingerprint density at radius 2 is 1.48 bits per heavy atom. The fourth-order valence-electron chi connectivity index (χ4n) is 4.07. The number of hydrogen-bond acceptors (Lipinski definition) is 13. The zero-order valence-electron chi connectivity index (χ0n) is 25.8. The number of amides is 2. The quantitative estimate of drug-likeness (QED) is 0.250. The number of alkyl carbamates (subject to hydrolysis) is 1. The van der Waals surface area contributed by atoms with E-state index in [0.29, 0.717) is 5.56 Å². The molecule has 1 aromatic carbocycles. The molecule has 15 heteroatoms. The van der Waals surface area contributed by atoms with E-state index in [1.54, 1.807) is 51.1 Å². The van der Waals surface area contributed by atoms with Gasteiger partial charge in [0.05, 0.1) is 6.61 Å². The second kappa shape index (κ2) is 16.6. The van der Waals surface area contributed by atoms with Gasteiger partial charge in [0.1, 0.15) is 31.0 Å². The highest BCUT2D eigenvalue weighted by atomic mass is 16.7. The highest BCUT2D eigenvalue weighted by Gasteiger charge is 2.51. The minimum atomic E-state index is -1.47. The molecule has 1 aliphatic heterocycles. The number of ether oxygens (including phenoxy) is 7. The fourth-order valence-corrected chi connectivity index (χ4v) is 4.07. The fraction of sp³-hybridized carbons (Fsp3) is 0.586. The molecule has 1 aliphatic rings. The summed E-state index contributed by atoms with van der Waals surface area (Å²) in [6, 6.07) is 6.14. The molecule has 1 saturated heterocycles. The number of hydrogen-bond donors (Lipinski definition) is 2. The minimum absolute atomic E-state index is 0.0790. The van der Waals surface area contributed by atoms with E-state index in [2.05, 4.69) is 10.6 Å². The van der Waals surface area contributed by atoms with Crippen LogP contribution in [-0.4, -0.2) is 91.4 Å². The van der Waals surface area contributed by atoms with Gasteiger partial charge < -0.3 is 43.8 Å². The smallest absolute Gasteiger partial charge is 0.408 e. The van der Waals surface area contributed by atoms with Crippen LogP contribution in [0.25, 0.3) is 0 Å². The van der Waals surface area contributed by atoms with E-state index in [1.807, 2.05) is 0 Å². The Morgan fingerprint density at radius 3 is 2.02 bits per heavy atom. The maximum Gasteiger partial charge on any atom is 0.408 e. The van der Waals surface area contributed by atoms with Gasteiger partial charge in [0, 0.05) is 27.7 Å². The van der Waals surface area contributed by atoms with Crippen LogP contribution >= 0.6 is 0 Å². The zero-order chi connectivity index (χ0) is 33.0. The topological polar surface area (TPSA) is 191 Å². The number of carbonyl (C=O) groups excluding carboxylic acids is 6. The molecule has 244 valence electrons. The summed E-state index contributed by atoms with van der Waals surface area (Å²) >= 11 is 0. The maximum absolute atomic E-state index is 13.1. The number of nitrogens with one attached hydrogen (secondary N) is 2. The molecule has 0 radical (unpaired) electrons. The second-order valence-electron chi connectivity index (χ2n) is 10.8. The number of esters is 4. The molecule has 15 nitrogen and oxygen atoms in total. The summed E-state index contributed by atoms with van der Waals surface area (Å²) in [4.78, 5) is 73.4. The van der Waals surface area contributed by atoms with Gasteiger partial charge in [-0.1, -0.05) is 30.3 Å². The molecule has 1 fully saturated rings. The lowest BCUT2D eigenvalue weighted by molar-refractivity contribution is -0.278. The highest BCUT2D eigenvalue weighted by molar-refractivity contribution is 5.81. The van der Waals surface area contributed by atoms with Crippen LogP contribution in [0.3, 0.4) is 0 Å². The van der Waals surface area contributed by atoms with Crippen LogP contribution in [0.1, 0.15) is 54.0 Å². The molecule has 2 amide bonds. The Bertz CT molecular complexity index is 1170. The van der Waals surface area contributed by atoms with Crippen LogP contribution in [0.5, 0.6) is 0 Å². The van der Waals surface area contributed by atoms with Crippen LogP contribution in [0.4, 0.5) is 4.79 Å². The van der Waals surface area contributed by atoms with Crippen LogP contribution in [0.15, 0.2) is 30.3 Å². The molecule has 1 heterocycles. The number of carbonyl (C=O) groups is 6. The Kier molecular flexibility index (Phi) is 13.5. The Hall–Kier alpha value is -4.24. The lowest BCUT2D eigenvalue weighted by atomic mass is 9.96. The van der Waals surface area contributed by atoms with Crippen molar-refractivity contribution >= 4 is 35.9 Å². The van der Waals surface area contributed by atoms with Crippen molar-refractivity contribution in [2.75, 3.05) is 13.2 Å². The summed E-state index contributed by atoms with van der Waals surface area (Å²) in [5.74, 6) is -3.69. The maximum atomic E-state index is 13.1. The average Bonchev–Trinajstić information content (AvgIpc) is 2.90. The van der Waals surface area contributed by atoms with Gasteiger partial charge in [-0.25, -0.2) is 9.59 Å². The highest BCUT2D eigenvalue weighted by Crippen LogP contribution is 2.28. The standard InChI is InChI=1S/C29H40N2O13/c1-16(32)30-23-25(42-19(4)35)24(41-18(3)34)22(15-38-17(2)33)43-27(23)39-14-21(26(36)44-29(5,6)7)31-28(37)40-13-20-11-9-8-10-12-20/h8-12,21-25,27H,13-15H2,1-7H3,(H,30,32)(H,31,37)/t21-,22+,23+,24+,25+,27-/m0/s1. The molecule has 44 heavy (non-hydrogen) atoms. The predicted octanol–water partition coefficient (Wildman–Crippen LogP) is 1.30. The van der Waals surface area contributed by atoms with Gasteiger partial charge >= 0.3 is 30.0 Å². The first-order valence-corrected chi connectivity index (χ1v) is 13.8. The third-order valence-electron chi connectivity index (χ3n) is 5.69. The summed E-state index contributed by atoms with van der Waals surface area (Å²) < 4.78 is 38.3. The monoisotopic (exact) mass is 624 g/mol. The summed E-state index contributed by atoms with van der Waals surface area (Å²) in [6.45, 7) is 8.34. The van der Waals surface area contributed by atoms with Crippen molar-refractivity contribution in [3.8, 4) is 0 Å². The summed E-state index contributed by atoms with van der Waals surface area (Å²) in [5.41, 5.74) is -0.225. The van der Waals surface area contributed by atoms with E-state index in [1.165, 1.54) is 6.92 Å². The van der Waals surface area contributed by atoms with Crippen LogP contribution in [0, 0.1) is 0 Å². The second-order valence-corrected chi connectivity index (χ2v) is 10.8. The zero-order valence-corrected chi connectivity index (χ0v) is 25.8. The van der Waals surface area contributed by atoms with Crippen molar-refractivity contribution in [2.24, 2.45) is 0 Å². The number of benzene rings is 1. The van der Waals surface area contributed by atoms with Crippen molar-refractivity contribution in [3.05, 3.63) is 35.9 Å². The Morgan fingerprint density at radius 1 is 0.864 bits per heavy atom. The molecule has 0 saturated carbocycles. The van der Waals surface area contributed by atoms with Gasteiger partial charge in [0.15, 0.2) is 24.5 Å². The molecular weight excluding hydrogens is 584 g/mol. The minimum Gasteiger partial charge on any atom is -0.463 e. The molecule has 0 spiro atoms. The van der Waals surface area contributed by atoms with Gasteiger partial charge in [-0.3, -0.25) is 19.2 Å². The lowest BCUT2D eigenvalue weighted by Gasteiger charge is -2.45. The molecular formula is C29H40N2O13. The van der Waals surface area contributed by atoms with Crippen LogP contribution in [0.2, 0.25) is 0 Å². The van der Waals surface area contributed by atoms with E-state index in [0.717, 1.165) is 20.8 Å². The average molecular weight is 625 g/mol. The molecule has 0 aliphatic carbocycles. The first kappa shape index (κ1) is 36.0. The summed E-state index contributed by atoms with van der Waals surface area (Å²) in [5, 5.41) is 4.96. The van der Waals surface area contributed by atoms with Gasteiger partial charge in [-0.2, -0.15) is 0 Å².